The lowest BCUT2D eigenvalue weighted by atomic mass is 10.1. The van der Waals surface area contributed by atoms with Gasteiger partial charge in [-0.2, -0.15) is 0 Å². The normalized spacial score (nSPS) is 19.2. The molecule has 4 nitrogen and oxygen atoms in total. The first-order valence-electron chi connectivity index (χ1n) is 6.59. The minimum absolute atomic E-state index is 0. The molecule has 2 rings (SSSR count). The molecule has 1 aliphatic rings. The predicted molar refractivity (Wildman–Crippen MR) is 77.3 cm³/mol. The summed E-state index contributed by atoms with van der Waals surface area (Å²) in [5.74, 6) is -0.573. The van der Waals surface area contributed by atoms with Gasteiger partial charge in [0.2, 0.25) is 5.91 Å². The van der Waals surface area contributed by atoms with E-state index in [4.69, 9.17) is 0 Å². The molecule has 1 amide bonds. The fourth-order valence-electron chi connectivity index (χ4n) is 2.29. The molecule has 0 spiro atoms. The van der Waals surface area contributed by atoms with Crippen LogP contribution in [0.1, 0.15) is 30.9 Å². The maximum absolute atomic E-state index is 13.4. The molecule has 20 heavy (non-hydrogen) atoms. The molecule has 0 aliphatic carbocycles. The highest BCUT2D eigenvalue weighted by Gasteiger charge is 2.18. The summed E-state index contributed by atoms with van der Waals surface area (Å²) in [6.45, 7) is 0.988. The second kappa shape index (κ2) is 8.19. The molecule has 112 valence electrons. The number of aliphatic hydroxyl groups is 1. The van der Waals surface area contributed by atoms with Crippen LogP contribution in [0.2, 0.25) is 0 Å². The van der Waals surface area contributed by atoms with Crippen molar-refractivity contribution in [3.05, 3.63) is 35.6 Å². The Morgan fingerprint density at radius 2 is 2.25 bits per heavy atom. The van der Waals surface area contributed by atoms with Gasteiger partial charge in [0.1, 0.15) is 5.82 Å². The van der Waals surface area contributed by atoms with Crippen molar-refractivity contribution in [1.29, 1.82) is 0 Å². The molecule has 0 saturated carbocycles. The Morgan fingerprint density at radius 1 is 1.50 bits per heavy atom. The number of hydrogen-bond donors (Lipinski definition) is 3. The second-order valence-corrected chi connectivity index (χ2v) is 4.84. The second-order valence-electron chi connectivity index (χ2n) is 4.84. The van der Waals surface area contributed by atoms with Gasteiger partial charge in [-0.1, -0.05) is 18.2 Å². The van der Waals surface area contributed by atoms with Gasteiger partial charge in [0, 0.05) is 24.6 Å². The van der Waals surface area contributed by atoms with E-state index in [-0.39, 0.29) is 36.5 Å². The Bertz CT molecular complexity index is 439. The summed E-state index contributed by atoms with van der Waals surface area (Å²) in [4.78, 5) is 11.7. The van der Waals surface area contributed by atoms with Crippen molar-refractivity contribution in [2.45, 2.75) is 31.4 Å². The van der Waals surface area contributed by atoms with Gasteiger partial charge < -0.3 is 15.7 Å². The Kier molecular flexibility index (Phi) is 6.91. The summed E-state index contributed by atoms with van der Waals surface area (Å²) in [5.41, 5.74) is 0.210. The van der Waals surface area contributed by atoms with Crippen molar-refractivity contribution in [3.63, 3.8) is 0 Å². The minimum Gasteiger partial charge on any atom is -0.386 e. The van der Waals surface area contributed by atoms with Gasteiger partial charge in [0.05, 0.1) is 6.10 Å². The molecule has 1 aromatic rings. The van der Waals surface area contributed by atoms with Crippen LogP contribution in [-0.4, -0.2) is 30.1 Å². The number of halogens is 2. The van der Waals surface area contributed by atoms with Crippen molar-refractivity contribution in [3.8, 4) is 0 Å². The van der Waals surface area contributed by atoms with E-state index in [0.29, 0.717) is 6.42 Å². The molecular weight excluding hydrogens is 283 g/mol. The zero-order valence-corrected chi connectivity index (χ0v) is 12.0. The number of rotatable bonds is 5. The topological polar surface area (TPSA) is 61.4 Å². The fourth-order valence-corrected chi connectivity index (χ4v) is 2.29. The molecule has 1 fully saturated rings. The van der Waals surface area contributed by atoms with Crippen molar-refractivity contribution in [1.82, 2.24) is 10.6 Å². The van der Waals surface area contributed by atoms with Crippen molar-refractivity contribution in [2.75, 3.05) is 13.1 Å². The molecule has 1 heterocycles. The lowest BCUT2D eigenvalue weighted by molar-refractivity contribution is -0.122. The van der Waals surface area contributed by atoms with Crippen molar-refractivity contribution >= 4 is 18.3 Å². The van der Waals surface area contributed by atoms with Crippen molar-refractivity contribution in [2.24, 2.45) is 0 Å². The van der Waals surface area contributed by atoms with Crippen LogP contribution >= 0.6 is 12.4 Å². The zero-order chi connectivity index (χ0) is 13.7. The summed E-state index contributed by atoms with van der Waals surface area (Å²) >= 11 is 0. The van der Waals surface area contributed by atoms with Crippen LogP contribution in [0.3, 0.4) is 0 Å². The van der Waals surface area contributed by atoms with E-state index in [1.54, 1.807) is 12.1 Å². The zero-order valence-electron chi connectivity index (χ0n) is 11.1. The third kappa shape index (κ3) is 4.74. The summed E-state index contributed by atoms with van der Waals surface area (Å²) in [5, 5.41) is 15.7. The quantitative estimate of drug-likeness (QED) is 0.773. The van der Waals surface area contributed by atoms with Crippen molar-refractivity contribution < 1.29 is 14.3 Å². The van der Waals surface area contributed by atoms with Gasteiger partial charge in [0.25, 0.3) is 0 Å². The first-order valence-corrected chi connectivity index (χ1v) is 6.59. The van der Waals surface area contributed by atoms with Crippen LogP contribution in [-0.2, 0) is 4.79 Å². The van der Waals surface area contributed by atoms with E-state index in [2.05, 4.69) is 10.6 Å². The summed E-state index contributed by atoms with van der Waals surface area (Å²) in [7, 11) is 0. The number of carbonyl (C=O) groups excluding carboxylic acids is 1. The van der Waals surface area contributed by atoms with Crippen LogP contribution in [0, 0.1) is 5.82 Å². The van der Waals surface area contributed by atoms with Crippen LogP contribution in [0.25, 0.3) is 0 Å². The third-order valence-electron chi connectivity index (χ3n) is 3.35. The standard InChI is InChI=1S/C14H19FN2O2.ClH/c15-12-6-2-1-5-11(12)13(18)9-17-14(19)8-10-4-3-7-16-10;/h1-2,5-6,10,13,16,18H,3-4,7-9H2,(H,17,19);1H. The lowest BCUT2D eigenvalue weighted by Crippen LogP contribution is -2.34. The van der Waals surface area contributed by atoms with Crippen LogP contribution < -0.4 is 10.6 Å². The summed E-state index contributed by atoms with van der Waals surface area (Å²) in [6, 6.07) is 6.26. The third-order valence-corrected chi connectivity index (χ3v) is 3.35. The van der Waals surface area contributed by atoms with Gasteiger partial charge in [-0.15, -0.1) is 12.4 Å². The highest BCUT2D eigenvalue weighted by Crippen LogP contribution is 2.15. The van der Waals surface area contributed by atoms with Gasteiger partial charge in [0.15, 0.2) is 0 Å². The lowest BCUT2D eigenvalue weighted by Gasteiger charge is -2.14. The average molecular weight is 303 g/mol. The monoisotopic (exact) mass is 302 g/mol. The van der Waals surface area contributed by atoms with Gasteiger partial charge in [-0.3, -0.25) is 4.79 Å². The SMILES string of the molecule is Cl.O=C(CC1CCCN1)NCC(O)c1ccccc1F. The van der Waals surface area contributed by atoms with Crippen LogP contribution in [0.15, 0.2) is 24.3 Å². The number of carbonyl (C=O) groups is 1. The molecule has 0 aromatic heterocycles. The molecular formula is C14H20ClFN2O2. The summed E-state index contributed by atoms with van der Waals surface area (Å²) < 4.78 is 13.4. The molecule has 1 aromatic carbocycles. The molecule has 0 radical (unpaired) electrons. The predicted octanol–water partition coefficient (Wildman–Crippen LogP) is 1.54. The van der Waals surface area contributed by atoms with E-state index in [0.717, 1.165) is 19.4 Å². The van der Waals surface area contributed by atoms with E-state index in [9.17, 15) is 14.3 Å². The summed E-state index contributed by atoms with van der Waals surface area (Å²) in [6.07, 6.45) is 1.49. The van der Waals surface area contributed by atoms with Crippen LogP contribution in [0.4, 0.5) is 4.39 Å². The number of aliphatic hydroxyl groups excluding tert-OH is 1. The number of nitrogens with one attached hydrogen (secondary N) is 2. The smallest absolute Gasteiger partial charge is 0.221 e. The van der Waals surface area contributed by atoms with Gasteiger partial charge in [-0.25, -0.2) is 4.39 Å². The molecule has 2 unspecified atom stereocenters. The maximum atomic E-state index is 13.4. The largest absolute Gasteiger partial charge is 0.386 e. The number of amides is 1. The molecule has 6 heteroatoms. The average Bonchev–Trinajstić information content (AvgIpc) is 2.89. The Morgan fingerprint density at radius 3 is 2.90 bits per heavy atom. The molecule has 3 N–H and O–H groups in total. The molecule has 1 saturated heterocycles. The Balaban J connectivity index is 0.00000200. The first-order chi connectivity index (χ1) is 9.16. The van der Waals surface area contributed by atoms with Gasteiger partial charge in [-0.05, 0) is 25.5 Å². The highest BCUT2D eigenvalue weighted by molar-refractivity contribution is 5.85. The van der Waals surface area contributed by atoms with E-state index in [1.807, 2.05) is 0 Å². The Hall–Kier alpha value is -1.17. The van der Waals surface area contributed by atoms with Crippen LogP contribution in [0.5, 0.6) is 0 Å². The number of benzene rings is 1. The fraction of sp³-hybridized carbons (Fsp3) is 0.500. The van der Waals surface area contributed by atoms with E-state index >= 15 is 0 Å². The molecule has 2 atom stereocenters. The van der Waals surface area contributed by atoms with E-state index in [1.165, 1.54) is 12.1 Å². The first kappa shape index (κ1) is 16.9. The Labute approximate surface area is 124 Å². The minimum atomic E-state index is -1.01. The molecule has 1 aliphatic heterocycles. The highest BCUT2D eigenvalue weighted by atomic mass is 35.5. The molecule has 0 bridgehead atoms. The van der Waals surface area contributed by atoms with E-state index < -0.39 is 11.9 Å². The maximum Gasteiger partial charge on any atom is 0.221 e. The number of hydrogen-bond acceptors (Lipinski definition) is 3. The van der Waals surface area contributed by atoms with Gasteiger partial charge >= 0.3 is 0 Å².